The summed E-state index contributed by atoms with van der Waals surface area (Å²) in [4.78, 5) is 38.9. The molecule has 142 valence electrons. The number of nitrogens with zero attached hydrogens (tertiary/aromatic N) is 4. The van der Waals surface area contributed by atoms with Crippen LogP contribution in [-0.4, -0.2) is 54.5 Å². The van der Waals surface area contributed by atoms with Gasteiger partial charge >= 0.3 is 0 Å². The Balaban J connectivity index is 1.56. The Hall–Kier alpha value is -2.83. The molecule has 1 fully saturated rings. The first kappa shape index (κ1) is 17.6. The van der Waals surface area contributed by atoms with Crippen LogP contribution in [0.3, 0.4) is 0 Å². The number of nitrogens with one attached hydrogen (secondary N) is 1. The van der Waals surface area contributed by atoms with Gasteiger partial charge in [0.25, 0.3) is 11.5 Å². The summed E-state index contributed by atoms with van der Waals surface area (Å²) in [5.41, 5.74) is 3.09. The third-order valence-electron chi connectivity index (χ3n) is 5.38. The highest BCUT2D eigenvalue weighted by Crippen LogP contribution is 2.21. The Morgan fingerprint density at radius 1 is 1.11 bits per heavy atom. The summed E-state index contributed by atoms with van der Waals surface area (Å²) in [6.07, 6.45) is 2.78. The maximum atomic E-state index is 12.9. The molecule has 2 aliphatic rings. The average Bonchev–Trinajstić information content (AvgIpc) is 3.22. The number of carbonyl (C=O) groups is 1. The van der Waals surface area contributed by atoms with Gasteiger partial charge in [0.05, 0.1) is 12.2 Å². The number of benzene rings is 1. The lowest BCUT2D eigenvalue weighted by Crippen LogP contribution is -2.39. The van der Waals surface area contributed by atoms with E-state index in [1.54, 1.807) is 4.90 Å². The second-order valence-corrected chi connectivity index (χ2v) is 7.43. The summed E-state index contributed by atoms with van der Waals surface area (Å²) in [7, 11) is 3.94. The van der Waals surface area contributed by atoms with Crippen LogP contribution in [0.15, 0.2) is 29.1 Å². The van der Waals surface area contributed by atoms with Gasteiger partial charge in [-0.3, -0.25) is 14.6 Å². The van der Waals surface area contributed by atoms with Crippen LogP contribution in [-0.2, 0) is 13.0 Å². The molecule has 27 heavy (non-hydrogen) atoms. The maximum absolute atomic E-state index is 12.9. The van der Waals surface area contributed by atoms with Crippen molar-refractivity contribution in [2.75, 3.05) is 43.5 Å². The van der Waals surface area contributed by atoms with E-state index in [9.17, 15) is 9.59 Å². The summed E-state index contributed by atoms with van der Waals surface area (Å²) in [5.74, 6) is 0.622. The predicted octanol–water partition coefficient (Wildman–Crippen LogP) is 1.63. The predicted molar refractivity (Wildman–Crippen MR) is 106 cm³/mol. The molecule has 7 heteroatoms. The van der Waals surface area contributed by atoms with Crippen LogP contribution in [0.4, 0.5) is 11.6 Å². The molecule has 0 aliphatic carbocycles. The van der Waals surface area contributed by atoms with E-state index >= 15 is 0 Å². The van der Waals surface area contributed by atoms with E-state index in [1.807, 2.05) is 43.3 Å². The summed E-state index contributed by atoms with van der Waals surface area (Å²) in [6.45, 7) is 2.76. The van der Waals surface area contributed by atoms with Gasteiger partial charge in [-0.2, -0.15) is 0 Å². The Bertz CT molecular complexity index is 898. The van der Waals surface area contributed by atoms with Crippen molar-refractivity contribution in [1.29, 1.82) is 0 Å². The first-order chi connectivity index (χ1) is 13.0. The number of H-pyrrole nitrogens is 1. The minimum Gasteiger partial charge on any atom is -0.378 e. The Morgan fingerprint density at radius 2 is 1.81 bits per heavy atom. The van der Waals surface area contributed by atoms with Crippen molar-refractivity contribution in [3.05, 3.63) is 51.4 Å². The quantitative estimate of drug-likeness (QED) is 0.893. The lowest BCUT2D eigenvalue weighted by molar-refractivity contribution is 0.0731. The monoisotopic (exact) mass is 367 g/mol. The zero-order chi connectivity index (χ0) is 19.0. The Labute approximate surface area is 158 Å². The fourth-order valence-electron chi connectivity index (χ4n) is 3.76. The molecule has 1 amide bonds. The fraction of sp³-hybridized carbons (Fsp3) is 0.450. The van der Waals surface area contributed by atoms with Gasteiger partial charge in [0, 0.05) is 50.5 Å². The van der Waals surface area contributed by atoms with Gasteiger partial charge in [0.2, 0.25) is 5.95 Å². The number of hydrogen-bond acceptors (Lipinski definition) is 5. The number of rotatable bonds is 3. The van der Waals surface area contributed by atoms with E-state index in [1.165, 1.54) is 0 Å². The molecule has 1 N–H and O–H groups in total. The molecule has 0 atom stereocenters. The number of aromatic amines is 1. The van der Waals surface area contributed by atoms with Crippen LogP contribution in [0.1, 0.15) is 34.5 Å². The molecule has 2 aliphatic heterocycles. The molecule has 4 rings (SSSR count). The Morgan fingerprint density at radius 3 is 2.48 bits per heavy atom. The minimum absolute atomic E-state index is 0.0178. The zero-order valence-electron chi connectivity index (χ0n) is 15.9. The number of aromatic nitrogens is 2. The van der Waals surface area contributed by atoms with Crippen molar-refractivity contribution >= 4 is 17.5 Å². The number of anilines is 2. The number of carbonyl (C=O) groups excluding carboxylic acids is 1. The van der Waals surface area contributed by atoms with E-state index in [-0.39, 0.29) is 11.5 Å². The van der Waals surface area contributed by atoms with Gasteiger partial charge in [-0.25, -0.2) is 4.98 Å². The van der Waals surface area contributed by atoms with Crippen LogP contribution >= 0.6 is 0 Å². The van der Waals surface area contributed by atoms with Gasteiger partial charge in [-0.15, -0.1) is 0 Å². The number of fused-ring (bicyclic) bond motifs is 1. The molecular weight excluding hydrogens is 342 g/mol. The van der Waals surface area contributed by atoms with E-state index in [0.717, 1.165) is 37.3 Å². The topological polar surface area (TPSA) is 72.5 Å². The van der Waals surface area contributed by atoms with Crippen molar-refractivity contribution in [2.24, 2.45) is 0 Å². The molecule has 1 aromatic carbocycles. The van der Waals surface area contributed by atoms with E-state index in [2.05, 4.69) is 14.9 Å². The van der Waals surface area contributed by atoms with E-state index in [0.29, 0.717) is 36.6 Å². The molecule has 3 heterocycles. The molecule has 2 aromatic rings. The van der Waals surface area contributed by atoms with Gasteiger partial charge < -0.3 is 14.7 Å². The molecule has 0 bridgehead atoms. The number of hydrogen-bond donors (Lipinski definition) is 1. The standard InChI is InChI=1S/C20H25N5O2/c1-23(2)15-7-5-14(6-8-15)19(27)25-12-9-16-17(13-25)21-20(22-18(16)26)24-10-3-4-11-24/h5-8H,3-4,9-13H2,1-2H3,(H,21,22,26). The highest BCUT2D eigenvalue weighted by molar-refractivity contribution is 5.94. The van der Waals surface area contributed by atoms with Crippen molar-refractivity contribution in [3.63, 3.8) is 0 Å². The molecular formula is C20H25N5O2. The van der Waals surface area contributed by atoms with Gasteiger partial charge in [0.1, 0.15) is 0 Å². The van der Waals surface area contributed by atoms with Crippen molar-refractivity contribution < 1.29 is 4.79 Å². The molecule has 7 nitrogen and oxygen atoms in total. The molecule has 0 saturated carbocycles. The molecule has 0 radical (unpaired) electrons. The van der Waals surface area contributed by atoms with Crippen LogP contribution in [0.25, 0.3) is 0 Å². The van der Waals surface area contributed by atoms with Crippen LogP contribution in [0.2, 0.25) is 0 Å². The van der Waals surface area contributed by atoms with Crippen molar-refractivity contribution in [1.82, 2.24) is 14.9 Å². The smallest absolute Gasteiger partial charge is 0.255 e. The molecule has 0 unspecified atom stereocenters. The minimum atomic E-state index is -0.0654. The summed E-state index contributed by atoms with van der Waals surface area (Å²) >= 11 is 0. The highest BCUT2D eigenvalue weighted by Gasteiger charge is 2.26. The van der Waals surface area contributed by atoms with Crippen LogP contribution < -0.4 is 15.4 Å². The lowest BCUT2D eigenvalue weighted by Gasteiger charge is -2.29. The Kier molecular flexibility index (Phi) is 4.59. The normalized spacial score (nSPS) is 16.4. The summed E-state index contributed by atoms with van der Waals surface area (Å²) in [6, 6.07) is 7.60. The number of amides is 1. The largest absolute Gasteiger partial charge is 0.378 e. The van der Waals surface area contributed by atoms with E-state index < -0.39 is 0 Å². The van der Waals surface area contributed by atoms with Gasteiger partial charge in [-0.05, 0) is 43.5 Å². The van der Waals surface area contributed by atoms with Crippen molar-refractivity contribution in [3.8, 4) is 0 Å². The SMILES string of the molecule is CN(C)c1ccc(C(=O)N2CCc3c(nc(N4CCCC4)[nH]c3=O)C2)cc1. The van der Waals surface area contributed by atoms with Crippen LogP contribution in [0.5, 0.6) is 0 Å². The molecule has 0 spiro atoms. The summed E-state index contributed by atoms with van der Waals surface area (Å²) in [5, 5.41) is 0. The molecule has 1 aromatic heterocycles. The summed E-state index contributed by atoms with van der Waals surface area (Å²) < 4.78 is 0. The first-order valence-corrected chi connectivity index (χ1v) is 9.46. The third-order valence-corrected chi connectivity index (χ3v) is 5.38. The second-order valence-electron chi connectivity index (χ2n) is 7.43. The maximum Gasteiger partial charge on any atom is 0.255 e. The second kappa shape index (κ2) is 7.06. The average molecular weight is 367 g/mol. The van der Waals surface area contributed by atoms with Gasteiger partial charge in [-0.1, -0.05) is 0 Å². The lowest BCUT2D eigenvalue weighted by atomic mass is 10.1. The zero-order valence-corrected chi connectivity index (χ0v) is 15.9. The van der Waals surface area contributed by atoms with Crippen LogP contribution in [0, 0.1) is 0 Å². The first-order valence-electron chi connectivity index (χ1n) is 9.46. The third kappa shape index (κ3) is 3.41. The highest BCUT2D eigenvalue weighted by atomic mass is 16.2. The fourth-order valence-corrected chi connectivity index (χ4v) is 3.76. The molecule has 1 saturated heterocycles. The van der Waals surface area contributed by atoms with E-state index in [4.69, 9.17) is 0 Å². The van der Waals surface area contributed by atoms with Crippen molar-refractivity contribution in [2.45, 2.75) is 25.8 Å². The van der Waals surface area contributed by atoms with Gasteiger partial charge in [0.15, 0.2) is 0 Å².